The van der Waals surface area contributed by atoms with Gasteiger partial charge in [0, 0.05) is 0 Å². The number of aliphatic hydroxyl groups is 7. The zero-order valence-electron chi connectivity index (χ0n) is 53.0. The average molecular weight is 1150 g/mol. The first-order valence-corrected chi connectivity index (χ1v) is 35.2. The lowest BCUT2D eigenvalue weighted by Crippen LogP contribution is -2.60. The van der Waals surface area contributed by atoms with Crippen LogP contribution in [0.25, 0.3) is 0 Å². The number of allylic oxidation sites excluding steroid dienone is 4. The van der Waals surface area contributed by atoms with Crippen LogP contribution in [-0.2, 0) is 14.3 Å². The Bertz CT molecular complexity index is 1370. The minimum Gasteiger partial charge on any atom is -0.394 e. The molecule has 1 heterocycles. The maximum Gasteiger partial charge on any atom is 0.249 e. The van der Waals surface area contributed by atoms with Gasteiger partial charge in [0.25, 0.3) is 0 Å². The average Bonchev–Trinajstić information content (AvgIpc) is 3.51. The molecule has 1 aliphatic rings. The molecular formula is C70H135NO10. The van der Waals surface area contributed by atoms with Gasteiger partial charge in [-0.05, 0) is 44.9 Å². The molecular weight excluding hydrogens is 1010 g/mol. The largest absolute Gasteiger partial charge is 0.394 e. The van der Waals surface area contributed by atoms with E-state index in [1.807, 2.05) is 0 Å². The van der Waals surface area contributed by atoms with Crippen LogP contribution in [0.15, 0.2) is 24.3 Å². The van der Waals surface area contributed by atoms with E-state index in [0.717, 1.165) is 44.9 Å². The fraction of sp³-hybridized carbons (Fsp3) is 0.929. The second-order valence-corrected chi connectivity index (χ2v) is 25.0. The quantitative estimate of drug-likeness (QED) is 0.0215. The van der Waals surface area contributed by atoms with Gasteiger partial charge in [-0.25, -0.2) is 0 Å². The van der Waals surface area contributed by atoms with Crippen molar-refractivity contribution in [3.05, 3.63) is 24.3 Å². The predicted molar refractivity (Wildman–Crippen MR) is 339 cm³/mol. The molecule has 0 bridgehead atoms. The Balaban J connectivity index is 2.15. The van der Waals surface area contributed by atoms with E-state index in [4.69, 9.17) is 9.47 Å². The fourth-order valence-electron chi connectivity index (χ4n) is 11.6. The van der Waals surface area contributed by atoms with Crippen molar-refractivity contribution in [3.8, 4) is 0 Å². The van der Waals surface area contributed by atoms with Crippen molar-refractivity contribution < 1.29 is 50.0 Å². The summed E-state index contributed by atoms with van der Waals surface area (Å²) in [6, 6.07) is -1.17. The summed E-state index contributed by atoms with van der Waals surface area (Å²) in [6.45, 7) is 3.51. The molecule has 0 saturated carbocycles. The number of amides is 1. The molecule has 1 saturated heterocycles. The Hall–Kier alpha value is -1.41. The van der Waals surface area contributed by atoms with Gasteiger partial charge in [-0.3, -0.25) is 4.79 Å². The van der Waals surface area contributed by atoms with E-state index in [9.17, 15) is 40.5 Å². The molecule has 11 nitrogen and oxygen atoms in total. The summed E-state index contributed by atoms with van der Waals surface area (Å²) in [5.74, 6) is -0.691. The molecule has 0 aliphatic carbocycles. The number of carbonyl (C=O) groups is 1. The molecule has 0 aromatic heterocycles. The molecule has 0 radical (unpaired) electrons. The number of hydrogen-bond donors (Lipinski definition) is 8. The summed E-state index contributed by atoms with van der Waals surface area (Å²) < 4.78 is 11.2. The van der Waals surface area contributed by atoms with E-state index >= 15 is 0 Å². The molecule has 8 N–H and O–H groups in total. The van der Waals surface area contributed by atoms with E-state index in [1.54, 1.807) is 0 Å². The number of ether oxygens (including phenoxy) is 2. The molecule has 1 rings (SSSR count). The van der Waals surface area contributed by atoms with Crippen molar-refractivity contribution in [2.24, 2.45) is 0 Å². The van der Waals surface area contributed by atoms with Crippen molar-refractivity contribution in [2.45, 2.75) is 403 Å². The van der Waals surface area contributed by atoms with Crippen LogP contribution >= 0.6 is 0 Å². The van der Waals surface area contributed by atoms with Crippen molar-refractivity contribution in [1.29, 1.82) is 0 Å². The lowest BCUT2D eigenvalue weighted by atomic mass is 9.98. The standard InChI is InChI=1S/C70H135NO10/c1-3-5-7-9-11-13-15-17-19-21-23-24-25-26-27-28-29-30-31-32-33-34-35-36-37-38-39-40-42-44-46-48-50-52-54-56-58-63(74)69(79)71-61(60-80-70-68(78)67(77)66(76)64(59-72)81-70)65(75)62(73)57-55-53-51-49-47-45-43-41-22-20-18-16-14-12-10-8-6-4-2/h27-28,30-31,61-68,70,72-78H,3-26,29,32-60H2,1-2H3,(H,71,79)/b28-27-,31-30-. The summed E-state index contributed by atoms with van der Waals surface area (Å²) in [5.41, 5.74) is 0. The van der Waals surface area contributed by atoms with Crippen LogP contribution < -0.4 is 5.32 Å². The highest BCUT2D eigenvalue weighted by molar-refractivity contribution is 5.80. The lowest BCUT2D eigenvalue weighted by molar-refractivity contribution is -0.303. The minimum atomic E-state index is -1.66. The Morgan fingerprint density at radius 1 is 0.432 bits per heavy atom. The molecule has 9 atom stereocenters. The van der Waals surface area contributed by atoms with Gasteiger partial charge < -0.3 is 50.5 Å². The number of rotatable bonds is 62. The monoisotopic (exact) mass is 1150 g/mol. The lowest BCUT2D eigenvalue weighted by Gasteiger charge is -2.40. The van der Waals surface area contributed by atoms with Crippen LogP contribution in [0.3, 0.4) is 0 Å². The van der Waals surface area contributed by atoms with Gasteiger partial charge in [0.15, 0.2) is 6.29 Å². The van der Waals surface area contributed by atoms with Gasteiger partial charge >= 0.3 is 0 Å². The third-order valence-corrected chi connectivity index (χ3v) is 17.3. The van der Waals surface area contributed by atoms with E-state index in [0.29, 0.717) is 19.3 Å². The molecule has 81 heavy (non-hydrogen) atoms. The Labute approximate surface area is 499 Å². The summed E-state index contributed by atoms with van der Waals surface area (Å²) in [6.07, 6.45) is 62.7. The molecule has 0 aromatic rings. The van der Waals surface area contributed by atoms with E-state index in [-0.39, 0.29) is 6.42 Å². The molecule has 480 valence electrons. The first-order chi connectivity index (χ1) is 39.7. The number of unbranched alkanes of at least 4 members (excludes halogenated alkanes) is 46. The minimum absolute atomic E-state index is 0.263. The van der Waals surface area contributed by atoms with Crippen LogP contribution in [-0.4, -0.2) is 110 Å². The molecule has 1 fully saturated rings. The highest BCUT2D eigenvalue weighted by Crippen LogP contribution is 2.24. The maximum atomic E-state index is 13.2. The van der Waals surface area contributed by atoms with Gasteiger partial charge in [-0.15, -0.1) is 0 Å². The molecule has 1 amide bonds. The molecule has 9 unspecified atom stereocenters. The molecule has 11 heteroatoms. The summed E-state index contributed by atoms with van der Waals surface area (Å²) >= 11 is 0. The highest BCUT2D eigenvalue weighted by atomic mass is 16.7. The van der Waals surface area contributed by atoms with Crippen molar-refractivity contribution in [2.75, 3.05) is 13.2 Å². The van der Waals surface area contributed by atoms with E-state index < -0.39 is 74.2 Å². The van der Waals surface area contributed by atoms with Crippen molar-refractivity contribution in [3.63, 3.8) is 0 Å². The van der Waals surface area contributed by atoms with E-state index in [2.05, 4.69) is 43.5 Å². The Kier molecular flexibility index (Phi) is 56.5. The zero-order chi connectivity index (χ0) is 58.9. The smallest absolute Gasteiger partial charge is 0.249 e. The number of carbonyl (C=O) groups excluding carboxylic acids is 1. The number of aliphatic hydroxyl groups excluding tert-OH is 7. The van der Waals surface area contributed by atoms with Gasteiger partial charge in [0.2, 0.25) is 5.91 Å². The van der Waals surface area contributed by atoms with Crippen LogP contribution in [0, 0.1) is 0 Å². The fourth-order valence-corrected chi connectivity index (χ4v) is 11.6. The van der Waals surface area contributed by atoms with Gasteiger partial charge in [0.1, 0.15) is 36.6 Å². The van der Waals surface area contributed by atoms with Gasteiger partial charge in [-0.1, -0.05) is 327 Å². The van der Waals surface area contributed by atoms with Crippen LogP contribution in [0.2, 0.25) is 0 Å². The third kappa shape index (κ3) is 46.5. The first kappa shape index (κ1) is 77.6. The Morgan fingerprint density at radius 3 is 1.10 bits per heavy atom. The van der Waals surface area contributed by atoms with Crippen molar-refractivity contribution >= 4 is 5.91 Å². The summed E-state index contributed by atoms with van der Waals surface area (Å²) in [7, 11) is 0. The van der Waals surface area contributed by atoms with Crippen LogP contribution in [0.5, 0.6) is 0 Å². The number of hydrogen-bond acceptors (Lipinski definition) is 10. The molecule has 0 aromatic carbocycles. The third-order valence-electron chi connectivity index (χ3n) is 17.3. The van der Waals surface area contributed by atoms with E-state index in [1.165, 1.54) is 263 Å². The Morgan fingerprint density at radius 2 is 0.753 bits per heavy atom. The maximum absolute atomic E-state index is 13.2. The molecule has 0 spiro atoms. The second kappa shape index (κ2) is 58.9. The van der Waals surface area contributed by atoms with Gasteiger partial charge in [-0.2, -0.15) is 0 Å². The summed E-state index contributed by atoms with van der Waals surface area (Å²) in [5, 5.41) is 76.4. The summed E-state index contributed by atoms with van der Waals surface area (Å²) in [4.78, 5) is 13.2. The molecule has 1 aliphatic heterocycles. The predicted octanol–water partition coefficient (Wildman–Crippen LogP) is 16.8. The normalized spacial score (nSPS) is 19.2. The van der Waals surface area contributed by atoms with Crippen molar-refractivity contribution in [1.82, 2.24) is 5.32 Å². The topological polar surface area (TPSA) is 189 Å². The SMILES string of the molecule is CCCCCCCCCCCCCCC/C=C\C/C=C\CCCCCCCCCCCCCCCCCCC(O)C(=O)NC(COC1OC(CO)C(O)C(O)C1O)C(O)C(O)CCCCCCCCCCCCCCCCCCCC. The van der Waals surface area contributed by atoms with Crippen LogP contribution in [0.4, 0.5) is 0 Å². The van der Waals surface area contributed by atoms with Gasteiger partial charge in [0.05, 0.1) is 25.4 Å². The first-order valence-electron chi connectivity index (χ1n) is 35.2. The second-order valence-electron chi connectivity index (χ2n) is 25.0. The van der Waals surface area contributed by atoms with Crippen LogP contribution in [0.1, 0.15) is 348 Å². The number of nitrogens with one attached hydrogen (secondary N) is 1. The highest BCUT2D eigenvalue weighted by Gasteiger charge is 2.44. The zero-order valence-corrected chi connectivity index (χ0v) is 53.0.